The minimum absolute atomic E-state index is 0.0434. The number of carbonyl (C=O) groups is 3. The van der Waals surface area contributed by atoms with E-state index in [0.29, 0.717) is 38.8 Å². The quantitative estimate of drug-likeness (QED) is 0.328. The number of ether oxygens (including phenoxy) is 1. The number of aliphatic hydroxyl groups excluding tert-OH is 1. The van der Waals surface area contributed by atoms with Crippen molar-refractivity contribution < 1.29 is 29.3 Å². The molecule has 3 saturated heterocycles. The molecule has 3 unspecified atom stereocenters. The number of carbonyl (C=O) groups excluding carboxylic acids is 2. The standard InChI is InChI=1S/C28H46N2O6/c1-9-13-30(26(6,7)17-25(3,4)5)23(33)21-28-16-18(2)27(8,36-28)20(24(34)35)19(28)22(32)29(21)14-11-10-12-15-31/h9,18-21,31H,1,10-17H2,2-8H3,(H,34,35)/t18?,19-,20+,21?,27-,28?/m0/s1. The molecule has 2 amide bonds. The van der Waals surface area contributed by atoms with Crippen molar-refractivity contribution in [3.8, 4) is 0 Å². The molecule has 8 nitrogen and oxygen atoms in total. The van der Waals surface area contributed by atoms with E-state index in [1.807, 2.05) is 20.8 Å². The highest BCUT2D eigenvalue weighted by atomic mass is 16.5. The molecule has 3 aliphatic rings. The number of carboxylic acid groups (broad SMARTS) is 1. The number of nitrogens with zero attached hydrogens (tertiary/aromatic N) is 2. The zero-order valence-corrected chi connectivity index (χ0v) is 23.2. The van der Waals surface area contributed by atoms with Crippen LogP contribution in [-0.4, -0.2) is 80.3 Å². The molecule has 0 aromatic heterocycles. The van der Waals surface area contributed by atoms with Crippen LogP contribution in [0, 0.1) is 23.2 Å². The molecule has 0 aliphatic carbocycles. The molecule has 0 saturated carbocycles. The van der Waals surface area contributed by atoms with Crippen molar-refractivity contribution in [3.05, 3.63) is 12.7 Å². The molecule has 0 aromatic rings. The SMILES string of the molecule is C=CCN(C(=O)C1N(CCCCCO)C(=O)[C@@H]2[C@H](C(=O)O)[C@@]3(C)OC12CC3C)C(C)(C)CC(C)(C)C. The molecule has 0 radical (unpaired) electrons. The van der Waals surface area contributed by atoms with E-state index < -0.39 is 40.6 Å². The molecule has 3 fully saturated rings. The highest BCUT2D eigenvalue weighted by Crippen LogP contribution is 2.65. The summed E-state index contributed by atoms with van der Waals surface area (Å²) in [6.07, 6.45) is 4.85. The van der Waals surface area contributed by atoms with Crippen LogP contribution in [-0.2, 0) is 19.1 Å². The first-order valence-electron chi connectivity index (χ1n) is 13.3. The predicted molar refractivity (Wildman–Crippen MR) is 137 cm³/mol. The average molecular weight is 507 g/mol. The number of rotatable bonds is 11. The lowest BCUT2D eigenvalue weighted by Crippen LogP contribution is -2.61. The van der Waals surface area contributed by atoms with Crippen LogP contribution >= 0.6 is 0 Å². The van der Waals surface area contributed by atoms with Crippen LogP contribution in [0.1, 0.15) is 80.6 Å². The minimum Gasteiger partial charge on any atom is -0.481 e. The van der Waals surface area contributed by atoms with E-state index in [1.165, 1.54) is 0 Å². The third-order valence-corrected chi connectivity index (χ3v) is 8.64. The van der Waals surface area contributed by atoms with Crippen LogP contribution in [0.4, 0.5) is 0 Å². The Morgan fingerprint density at radius 3 is 2.39 bits per heavy atom. The molecule has 204 valence electrons. The number of aliphatic carboxylic acids is 1. The molecular weight excluding hydrogens is 460 g/mol. The van der Waals surface area contributed by atoms with Crippen LogP contribution in [0.3, 0.4) is 0 Å². The van der Waals surface area contributed by atoms with Gasteiger partial charge in [-0.2, -0.15) is 0 Å². The lowest BCUT2D eigenvalue weighted by molar-refractivity contribution is -0.159. The van der Waals surface area contributed by atoms with Crippen LogP contribution in [0.2, 0.25) is 0 Å². The number of aliphatic hydroxyl groups is 1. The van der Waals surface area contributed by atoms with Gasteiger partial charge in [-0.05, 0) is 64.2 Å². The van der Waals surface area contributed by atoms with Gasteiger partial charge in [0.15, 0.2) is 0 Å². The van der Waals surface area contributed by atoms with E-state index in [2.05, 4.69) is 27.4 Å². The van der Waals surface area contributed by atoms with Gasteiger partial charge in [0.2, 0.25) is 11.8 Å². The van der Waals surface area contributed by atoms with Crippen LogP contribution < -0.4 is 0 Å². The zero-order chi connectivity index (χ0) is 27.3. The Hall–Kier alpha value is -1.93. The number of hydrogen-bond donors (Lipinski definition) is 2. The molecule has 6 atom stereocenters. The van der Waals surface area contributed by atoms with Gasteiger partial charge in [-0.25, -0.2) is 0 Å². The smallest absolute Gasteiger partial charge is 0.310 e. The van der Waals surface area contributed by atoms with Gasteiger partial charge in [-0.3, -0.25) is 14.4 Å². The van der Waals surface area contributed by atoms with Crippen molar-refractivity contribution in [2.45, 2.75) is 103 Å². The number of hydrogen-bond acceptors (Lipinski definition) is 5. The summed E-state index contributed by atoms with van der Waals surface area (Å²) in [5.41, 5.74) is -2.74. The number of fused-ring (bicyclic) bond motifs is 1. The van der Waals surface area contributed by atoms with Gasteiger partial charge in [-0.1, -0.05) is 33.8 Å². The van der Waals surface area contributed by atoms with Crippen LogP contribution in [0.5, 0.6) is 0 Å². The molecular formula is C28H46N2O6. The molecule has 8 heteroatoms. The van der Waals surface area contributed by atoms with Gasteiger partial charge in [-0.15, -0.1) is 6.58 Å². The molecule has 36 heavy (non-hydrogen) atoms. The van der Waals surface area contributed by atoms with Gasteiger partial charge in [0.05, 0.1) is 11.5 Å². The normalized spacial score (nSPS) is 33.7. The van der Waals surface area contributed by atoms with Gasteiger partial charge in [0.25, 0.3) is 0 Å². The first kappa shape index (κ1) is 28.6. The lowest BCUT2D eigenvalue weighted by Gasteiger charge is -2.45. The maximum atomic E-state index is 14.5. The van der Waals surface area contributed by atoms with Gasteiger partial charge in [0, 0.05) is 25.2 Å². The zero-order valence-electron chi connectivity index (χ0n) is 23.2. The van der Waals surface area contributed by atoms with Crippen molar-refractivity contribution in [2.75, 3.05) is 19.7 Å². The second kappa shape index (κ2) is 9.75. The predicted octanol–water partition coefficient (Wildman–Crippen LogP) is 3.47. The fourth-order valence-electron chi connectivity index (χ4n) is 7.51. The monoisotopic (exact) mass is 506 g/mol. The number of carboxylic acids is 1. The molecule has 2 N–H and O–H groups in total. The van der Waals surface area contributed by atoms with Crippen molar-refractivity contribution in [1.82, 2.24) is 9.80 Å². The van der Waals surface area contributed by atoms with Gasteiger partial charge >= 0.3 is 5.97 Å². The fraction of sp³-hybridized carbons (Fsp3) is 0.821. The largest absolute Gasteiger partial charge is 0.481 e. The fourth-order valence-corrected chi connectivity index (χ4v) is 7.51. The third kappa shape index (κ3) is 4.60. The van der Waals surface area contributed by atoms with Gasteiger partial charge in [0.1, 0.15) is 17.6 Å². The van der Waals surface area contributed by atoms with E-state index in [9.17, 15) is 24.6 Å². The summed E-state index contributed by atoms with van der Waals surface area (Å²) < 4.78 is 6.60. The van der Waals surface area contributed by atoms with E-state index >= 15 is 0 Å². The number of likely N-dealkylation sites (tertiary alicyclic amines) is 1. The molecule has 3 heterocycles. The van der Waals surface area contributed by atoms with Crippen LogP contribution in [0.25, 0.3) is 0 Å². The molecule has 3 rings (SSSR count). The summed E-state index contributed by atoms with van der Waals surface area (Å²) in [7, 11) is 0. The van der Waals surface area contributed by atoms with Crippen LogP contribution in [0.15, 0.2) is 12.7 Å². The summed E-state index contributed by atoms with van der Waals surface area (Å²) in [5, 5.41) is 19.4. The highest BCUT2D eigenvalue weighted by Gasteiger charge is 2.80. The first-order valence-corrected chi connectivity index (χ1v) is 13.3. The molecule has 0 aromatic carbocycles. The molecule has 3 aliphatic heterocycles. The Morgan fingerprint density at radius 1 is 1.22 bits per heavy atom. The Balaban J connectivity index is 2.09. The summed E-state index contributed by atoms with van der Waals surface area (Å²) in [5.74, 6) is -3.55. The minimum atomic E-state index is -1.17. The Kier molecular flexibility index (Phi) is 7.75. The highest BCUT2D eigenvalue weighted by molar-refractivity contribution is 5.98. The lowest BCUT2D eigenvalue weighted by atomic mass is 9.62. The maximum absolute atomic E-state index is 14.5. The van der Waals surface area contributed by atoms with E-state index in [4.69, 9.17) is 4.74 Å². The Morgan fingerprint density at radius 2 is 1.86 bits per heavy atom. The van der Waals surface area contributed by atoms with E-state index in [0.717, 1.165) is 6.42 Å². The van der Waals surface area contributed by atoms with Crippen molar-refractivity contribution >= 4 is 17.8 Å². The van der Waals surface area contributed by atoms with Crippen molar-refractivity contribution in [1.29, 1.82) is 0 Å². The van der Waals surface area contributed by atoms with E-state index in [-0.39, 0.29) is 29.8 Å². The summed E-state index contributed by atoms with van der Waals surface area (Å²) in [6.45, 7) is 18.8. The average Bonchev–Trinajstić information content (AvgIpc) is 3.24. The third-order valence-electron chi connectivity index (χ3n) is 8.64. The Labute approximate surface area is 216 Å². The summed E-state index contributed by atoms with van der Waals surface area (Å²) in [4.78, 5) is 44.3. The van der Waals surface area contributed by atoms with Crippen molar-refractivity contribution in [2.24, 2.45) is 23.2 Å². The Bertz CT molecular complexity index is 895. The number of amides is 2. The maximum Gasteiger partial charge on any atom is 0.310 e. The van der Waals surface area contributed by atoms with Gasteiger partial charge < -0.3 is 24.7 Å². The second-order valence-electron chi connectivity index (χ2n) is 13.1. The summed E-state index contributed by atoms with van der Waals surface area (Å²) in [6, 6.07) is -0.892. The molecule has 1 spiro atoms. The number of unbranched alkanes of at least 4 members (excludes halogenated alkanes) is 2. The topological polar surface area (TPSA) is 107 Å². The second-order valence-corrected chi connectivity index (χ2v) is 13.1. The van der Waals surface area contributed by atoms with E-state index in [1.54, 1.807) is 22.8 Å². The molecule has 2 bridgehead atoms. The van der Waals surface area contributed by atoms with Crippen molar-refractivity contribution in [3.63, 3.8) is 0 Å². The first-order chi connectivity index (χ1) is 16.6. The summed E-state index contributed by atoms with van der Waals surface area (Å²) >= 11 is 0.